The summed E-state index contributed by atoms with van der Waals surface area (Å²) in [6.07, 6.45) is 1.94. The van der Waals surface area contributed by atoms with Crippen LogP contribution in [0.15, 0.2) is 28.2 Å². The van der Waals surface area contributed by atoms with Gasteiger partial charge in [0.1, 0.15) is 0 Å². The molecule has 3 heterocycles. The molecule has 2 N–H and O–H groups in total. The molecule has 0 spiro atoms. The van der Waals surface area contributed by atoms with E-state index >= 15 is 0 Å². The highest BCUT2D eigenvalue weighted by atomic mass is 32.2. The molecule has 0 saturated carbocycles. The number of hydrogen-bond donors (Lipinski definition) is 2. The van der Waals surface area contributed by atoms with Gasteiger partial charge in [0, 0.05) is 38.5 Å². The van der Waals surface area contributed by atoms with Gasteiger partial charge in [-0.1, -0.05) is 30.0 Å². The number of nitrogens with one attached hydrogen (secondary N) is 2. The summed E-state index contributed by atoms with van der Waals surface area (Å²) in [6.45, 7) is 7.86. The Morgan fingerprint density at radius 3 is 2.62 bits per heavy atom. The lowest BCUT2D eigenvalue weighted by molar-refractivity contribution is -0.130. The summed E-state index contributed by atoms with van der Waals surface area (Å²) in [5.41, 5.74) is 2.67. The molecule has 1 aromatic carbocycles. The Morgan fingerprint density at radius 2 is 1.94 bits per heavy atom. The summed E-state index contributed by atoms with van der Waals surface area (Å²) >= 11 is 1.26. The number of para-hydroxylation sites is 1. The number of piperazine rings is 1. The van der Waals surface area contributed by atoms with Crippen LogP contribution in [0.25, 0.3) is 0 Å². The maximum atomic E-state index is 12.7. The number of ether oxygens (including phenoxy) is 1. The fraction of sp³-hybridized carbons (Fsp3) is 0.565. The quantitative estimate of drug-likeness (QED) is 0.538. The number of H-pyrrole nitrogens is 1. The van der Waals surface area contributed by atoms with Gasteiger partial charge in [-0.3, -0.25) is 19.1 Å². The average Bonchev–Trinajstić information content (AvgIpc) is 3.46. The number of carbonyl (C=O) groups excluding carboxylic acids is 2. The van der Waals surface area contributed by atoms with Gasteiger partial charge in [-0.15, -0.1) is 5.10 Å². The van der Waals surface area contributed by atoms with Crippen molar-refractivity contribution in [2.24, 2.45) is 0 Å². The first-order valence-corrected chi connectivity index (χ1v) is 12.6. The van der Waals surface area contributed by atoms with Gasteiger partial charge < -0.3 is 15.0 Å². The molecule has 1 aromatic heterocycles. The molecule has 2 aliphatic heterocycles. The Balaban J connectivity index is 1.22. The summed E-state index contributed by atoms with van der Waals surface area (Å²) in [5, 5.41) is 10.1. The minimum absolute atomic E-state index is 0.00347. The van der Waals surface area contributed by atoms with Crippen molar-refractivity contribution in [1.29, 1.82) is 0 Å². The summed E-state index contributed by atoms with van der Waals surface area (Å²) in [7, 11) is 0. The van der Waals surface area contributed by atoms with Crippen LogP contribution in [0, 0.1) is 13.8 Å². The van der Waals surface area contributed by atoms with Crippen LogP contribution in [0.2, 0.25) is 0 Å². The standard InChI is InChI=1S/C23H32N6O4S/c1-16-5-3-6-17(2)21(16)24-19(30)14-27-8-10-28(11-9-27)20(31)15-34-23-26-25-22(32)29(23)13-18-7-4-12-33-18/h3,5-6,18H,4,7-15H2,1-2H3,(H,24,30)(H,25,32). The van der Waals surface area contributed by atoms with Gasteiger partial charge in [-0.2, -0.15) is 0 Å². The van der Waals surface area contributed by atoms with E-state index in [0.29, 0.717) is 44.4 Å². The third-order valence-electron chi connectivity index (χ3n) is 6.30. The molecule has 34 heavy (non-hydrogen) atoms. The van der Waals surface area contributed by atoms with Crippen LogP contribution in [0.4, 0.5) is 5.69 Å². The van der Waals surface area contributed by atoms with Crippen LogP contribution < -0.4 is 11.0 Å². The molecule has 2 fully saturated rings. The highest BCUT2D eigenvalue weighted by molar-refractivity contribution is 7.99. The topological polar surface area (TPSA) is 113 Å². The van der Waals surface area contributed by atoms with E-state index in [-0.39, 0.29) is 29.4 Å². The molecule has 0 aliphatic carbocycles. The number of benzene rings is 1. The molecular weight excluding hydrogens is 456 g/mol. The van der Waals surface area contributed by atoms with Crippen molar-refractivity contribution >= 4 is 29.3 Å². The average molecular weight is 489 g/mol. The molecule has 11 heteroatoms. The van der Waals surface area contributed by atoms with E-state index in [1.807, 2.05) is 36.9 Å². The Kier molecular flexibility index (Phi) is 8.07. The maximum absolute atomic E-state index is 12.7. The van der Waals surface area contributed by atoms with Crippen LogP contribution in [-0.4, -0.2) is 87.6 Å². The third kappa shape index (κ3) is 6.08. The Morgan fingerprint density at radius 1 is 1.21 bits per heavy atom. The molecular formula is C23H32N6O4S. The van der Waals surface area contributed by atoms with E-state index in [1.54, 1.807) is 4.57 Å². The smallest absolute Gasteiger partial charge is 0.344 e. The number of aromatic nitrogens is 3. The van der Waals surface area contributed by atoms with E-state index in [1.165, 1.54) is 11.8 Å². The van der Waals surface area contributed by atoms with Crippen LogP contribution in [0.1, 0.15) is 24.0 Å². The highest BCUT2D eigenvalue weighted by Crippen LogP contribution is 2.20. The number of aryl methyl sites for hydroxylation is 2. The molecule has 10 nitrogen and oxygen atoms in total. The van der Waals surface area contributed by atoms with Gasteiger partial charge in [0.2, 0.25) is 11.8 Å². The third-order valence-corrected chi connectivity index (χ3v) is 7.26. The second kappa shape index (κ2) is 11.2. The van der Waals surface area contributed by atoms with Crippen molar-refractivity contribution in [2.75, 3.05) is 50.4 Å². The zero-order chi connectivity index (χ0) is 24.1. The number of carbonyl (C=O) groups is 2. The van der Waals surface area contributed by atoms with Crippen molar-refractivity contribution in [3.63, 3.8) is 0 Å². The van der Waals surface area contributed by atoms with Gasteiger partial charge in [0.15, 0.2) is 5.16 Å². The molecule has 2 aliphatic rings. The van der Waals surface area contributed by atoms with E-state index in [0.717, 1.165) is 36.3 Å². The first-order chi connectivity index (χ1) is 16.4. The molecule has 2 amide bonds. The lowest BCUT2D eigenvalue weighted by Gasteiger charge is -2.34. The van der Waals surface area contributed by atoms with Gasteiger partial charge in [0.25, 0.3) is 0 Å². The Hall–Kier alpha value is -2.63. The summed E-state index contributed by atoms with van der Waals surface area (Å²) in [6, 6.07) is 5.94. The van der Waals surface area contributed by atoms with Gasteiger partial charge in [-0.05, 0) is 37.8 Å². The summed E-state index contributed by atoms with van der Waals surface area (Å²) in [4.78, 5) is 41.2. The van der Waals surface area contributed by atoms with Crippen LogP contribution >= 0.6 is 11.8 Å². The molecule has 184 valence electrons. The SMILES string of the molecule is Cc1cccc(C)c1NC(=O)CN1CCN(C(=O)CSc2n[nH]c(=O)n2CC2CCCO2)CC1. The monoisotopic (exact) mass is 488 g/mol. The van der Waals surface area contributed by atoms with Crippen molar-refractivity contribution < 1.29 is 14.3 Å². The molecule has 1 atom stereocenters. The van der Waals surface area contributed by atoms with Crippen molar-refractivity contribution in [3.05, 3.63) is 39.8 Å². The maximum Gasteiger partial charge on any atom is 0.344 e. The number of amides is 2. The van der Waals surface area contributed by atoms with Crippen molar-refractivity contribution in [2.45, 2.75) is 44.5 Å². The van der Waals surface area contributed by atoms with E-state index in [2.05, 4.69) is 20.4 Å². The largest absolute Gasteiger partial charge is 0.376 e. The number of aromatic amines is 1. The molecule has 0 radical (unpaired) electrons. The molecule has 0 bridgehead atoms. The minimum Gasteiger partial charge on any atom is -0.376 e. The highest BCUT2D eigenvalue weighted by Gasteiger charge is 2.24. The number of thioether (sulfide) groups is 1. The zero-order valence-corrected chi connectivity index (χ0v) is 20.5. The minimum atomic E-state index is -0.279. The molecule has 1 unspecified atom stereocenters. The first kappa shape index (κ1) is 24.5. The molecule has 4 rings (SSSR count). The van der Waals surface area contributed by atoms with E-state index < -0.39 is 0 Å². The van der Waals surface area contributed by atoms with Crippen molar-refractivity contribution in [3.8, 4) is 0 Å². The zero-order valence-electron chi connectivity index (χ0n) is 19.7. The lowest BCUT2D eigenvalue weighted by Crippen LogP contribution is -2.51. The van der Waals surface area contributed by atoms with Crippen LogP contribution in [-0.2, 0) is 20.9 Å². The van der Waals surface area contributed by atoms with E-state index in [9.17, 15) is 14.4 Å². The van der Waals surface area contributed by atoms with Crippen LogP contribution in [0.5, 0.6) is 0 Å². The predicted octanol–water partition coefficient (Wildman–Crippen LogP) is 1.24. The predicted molar refractivity (Wildman–Crippen MR) is 130 cm³/mol. The fourth-order valence-electron chi connectivity index (χ4n) is 4.33. The molecule has 2 aromatic rings. The fourth-order valence-corrected chi connectivity index (χ4v) is 5.19. The van der Waals surface area contributed by atoms with E-state index in [4.69, 9.17) is 4.74 Å². The second-order valence-electron chi connectivity index (χ2n) is 8.82. The Bertz CT molecular complexity index is 1050. The number of rotatable bonds is 8. The molecule has 2 saturated heterocycles. The first-order valence-electron chi connectivity index (χ1n) is 11.7. The van der Waals surface area contributed by atoms with Gasteiger partial charge in [0.05, 0.1) is 24.9 Å². The lowest BCUT2D eigenvalue weighted by atomic mass is 10.1. The summed E-state index contributed by atoms with van der Waals surface area (Å²) < 4.78 is 7.18. The van der Waals surface area contributed by atoms with Crippen molar-refractivity contribution in [1.82, 2.24) is 24.6 Å². The Labute approximate surface area is 203 Å². The number of hydrogen-bond acceptors (Lipinski definition) is 7. The number of anilines is 1. The van der Waals surface area contributed by atoms with Gasteiger partial charge >= 0.3 is 5.69 Å². The second-order valence-corrected chi connectivity index (χ2v) is 9.76. The van der Waals surface area contributed by atoms with Crippen LogP contribution in [0.3, 0.4) is 0 Å². The normalized spacial score (nSPS) is 18.9. The summed E-state index contributed by atoms with van der Waals surface area (Å²) in [5.74, 6) is 0.169. The number of nitrogens with zero attached hydrogens (tertiary/aromatic N) is 4. The van der Waals surface area contributed by atoms with Gasteiger partial charge in [-0.25, -0.2) is 9.89 Å².